The maximum atomic E-state index is 13.8. The minimum absolute atomic E-state index is 0.0521. The van der Waals surface area contributed by atoms with Crippen molar-refractivity contribution in [3.8, 4) is 11.5 Å². The van der Waals surface area contributed by atoms with Gasteiger partial charge in [0, 0.05) is 23.5 Å². The van der Waals surface area contributed by atoms with Crippen molar-refractivity contribution in [2.45, 2.75) is 39.8 Å². The second-order valence-corrected chi connectivity index (χ2v) is 10.9. The predicted octanol–water partition coefficient (Wildman–Crippen LogP) is 4.20. The molecule has 3 aromatic rings. The molecule has 4 rings (SSSR count). The van der Waals surface area contributed by atoms with Gasteiger partial charge in [-0.25, -0.2) is 8.42 Å². The Morgan fingerprint density at radius 1 is 1.06 bits per heavy atom. The summed E-state index contributed by atoms with van der Waals surface area (Å²) >= 11 is 0. The van der Waals surface area contributed by atoms with Gasteiger partial charge in [-0.3, -0.25) is 4.79 Å². The molecule has 33 heavy (non-hydrogen) atoms. The van der Waals surface area contributed by atoms with E-state index in [9.17, 15) is 13.2 Å². The van der Waals surface area contributed by atoms with Crippen molar-refractivity contribution in [2.24, 2.45) is 0 Å². The highest BCUT2D eigenvalue weighted by Gasteiger charge is 2.37. The van der Waals surface area contributed by atoms with E-state index in [0.717, 1.165) is 27.6 Å². The number of furan rings is 1. The molecule has 0 radical (unpaired) electrons. The van der Waals surface area contributed by atoms with Crippen molar-refractivity contribution >= 4 is 26.7 Å². The van der Waals surface area contributed by atoms with Crippen molar-refractivity contribution in [3.05, 3.63) is 58.3 Å². The molecule has 0 saturated carbocycles. The number of nitrogens with zero attached hydrogens (tertiary/aromatic N) is 1. The number of sulfone groups is 1. The number of amides is 1. The van der Waals surface area contributed by atoms with E-state index in [1.54, 1.807) is 31.3 Å². The van der Waals surface area contributed by atoms with Gasteiger partial charge >= 0.3 is 0 Å². The van der Waals surface area contributed by atoms with Crippen LogP contribution in [0.4, 0.5) is 0 Å². The molecule has 1 aliphatic heterocycles. The number of methoxy groups -OCH3 is 2. The molecule has 1 amide bonds. The number of carbonyl (C=O) groups is 1. The number of benzene rings is 2. The molecule has 2 aromatic carbocycles. The SMILES string of the molecule is COc1ccc(CN(C(=O)c2oc3cc(C)c(C)cc3c2C)[C@H]2CCS(=O)(=O)C2)cc1OC. The Morgan fingerprint density at radius 2 is 1.76 bits per heavy atom. The number of aryl methyl sites for hydroxylation is 3. The first-order chi connectivity index (χ1) is 15.6. The van der Waals surface area contributed by atoms with Crippen molar-refractivity contribution in [1.82, 2.24) is 4.90 Å². The predicted molar refractivity (Wildman–Crippen MR) is 127 cm³/mol. The fourth-order valence-electron chi connectivity index (χ4n) is 4.37. The lowest BCUT2D eigenvalue weighted by molar-refractivity contribution is 0.0649. The molecule has 7 nitrogen and oxygen atoms in total. The van der Waals surface area contributed by atoms with E-state index in [1.807, 2.05) is 39.0 Å². The van der Waals surface area contributed by atoms with E-state index in [2.05, 4.69) is 0 Å². The Kier molecular flexibility index (Phi) is 6.14. The lowest BCUT2D eigenvalue weighted by atomic mass is 10.0. The molecular formula is C25H29NO6S. The first kappa shape index (κ1) is 23.2. The average Bonchev–Trinajstić information content (AvgIpc) is 3.30. The maximum absolute atomic E-state index is 13.8. The summed E-state index contributed by atoms with van der Waals surface area (Å²) in [6, 6.07) is 8.97. The van der Waals surface area contributed by atoms with Crippen LogP contribution in [0.1, 0.15) is 39.2 Å². The Balaban J connectivity index is 1.75. The Bertz CT molecular complexity index is 1320. The zero-order valence-corrected chi connectivity index (χ0v) is 20.4. The normalized spacial score (nSPS) is 17.3. The highest BCUT2D eigenvalue weighted by Crippen LogP contribution is 2.32. The Hall–Kier alpha value is -3.00. The minimum Gasteiger partial charge on any atom is -0.493 e. The molecule has 0 aliphatic carbocycles. The molecule has 2 heterocycles. The van der Waals surface area contributed by atoms with Crippen molar-refractivity contribution in [1.29, 1.82) is 0 Å². The zero-order chi connectivity index (χ0) is 23.9. The molecule has 1 atom stereocenters. The highest BCUT2D eigenvalue weighted by atomic mass is 32.2. The van der Waals surface area contributed by atoms with Gasteiger partial charge in [0.15, 0.2) is 27.1 Å². The van der Waals surface area contributed by atoms with Crippen LogP contribution in [0.5, 0.6) is 11.5 Å². The number of rotatable bonds is 6. The lowest BCUT2D eigenvalue weighted by Crippen LogP contribution is -2.40. The standard InChI is InChI=1S/C25H29NO6S/c1-15-10-20-17(3)24(32-22(20)11-16(15)2)25(27)26(19-8-9-33(28,29)14-19)13-18-6-7-21(30-4)23(12-18)31-5/h6-7,10-12,19H,8-9,13-14H2,1-5H3/t19-/m0/s1. The molecular weight excluding hydrogens is 442 g/mol. The molecule has 1 saturated heterocycles. The van der Waals surface area contributed by atoms with Crippen LogP contribution in [-0.4, -0.2) is 51.0 Å². The summed E-state index contributed by atoms with van der Waals surface area (Å²) in [5.41, 5.74) is 4.43. The van der Waals surface area contributed by atoms with Gasteiger partial charge in [-0.05, 0) is 68.1 Å². The molecule has 0 N–H and O–H groups in total. The zero-order valence-electron chi connectivity index (χ0n) is 19.6. The van der Waals surface area contributed by atoms with E-state index in [4.69, 9.17) is 13.9 Å². The van der Waals surface area contributed by atoms with E-state index in [1.165, 1.54) is 0 Å². The van der Waals surface area contributed by atoms with Crippen molar-refractivity contribution < 1.29 is 27.1 Å². The third kappa shape index (κ3) is 4.44. The van der Waals surface area contributed by atoms with Gasteiger partial charge < -0.3 is 18.8 Å². The van der Waals surface area contributed by atoms with Crippen LogP contribution in [0.3, 0.4) is 0 Å². The summed E-state index contributed by atoms with van der Waals surface area (Å²) in [6.07, 6.45) is 0.402. The van der Waals surface area contributed by atoms with E-state index in [0.29, 0.717) is 23.5 Å². The minimum atomic E-state index is -3.19. The second kappa shape index (κ2) is 8.74. The number of hydrogen-bond donors (Lipinski definition) is 0. The molecule has 8 heteroatoms. The highest BCUT2D eigenvalue weighted by molar-refractivity contribution is 7.91. The topological polar surface area (TPSA) is 86.0 Å². The van der Waals surface area contributed by atoms with Gasteiger partial charge in [0.1, 0.15) is 5.58 Å². The Morgan fingerprint density at radius 3 is 2.39 bits per heavy atom. The summed E-state index contributed by atoms with van der Waals surface area (Å²) in [7, 11) is -0.0757. The summed E-state index contributed by atoms with van der Waals surface area (Å²) in [4.78, 5) is 15.4. The van der Waals surface area contributed by atoms with Crippen LogP contribution in [-0.2, 0) is 16.4 Å². The summed E-state index contributed by atoms with van der Waals surface area (Å²) in [5, 5.41) is 0.895. The fourth-order valence-corrected chi connectivity index (χ4v) is 6.10. The number of carbonyl (C=O) groups excluding carboxylic acids is 1. The average molecular weight is 472 g/mol. The quantitative estimate of drug-likeness (QED) is 0.536. The number of fused-ring (bicyclic) bond motifs is 1. The smallest absolute Gasteiger partial charge is 0.290 e. The maximum Gasteiger partial charge on any atom is 0.290 e. The van der Waals surface area contributed by atoms with Gasteiger partial charge in [-0.15, -0.1) is 0 Å². The van der Waals surface area contributed by atoms with Crippen LogP contribution in [0.25, 0.3) is 11.0 Å². The Labute approximate surface area is 194 Å². The molecule has 0 unspecified atom stereocenters. The molecule has 0 bridgehead atoms. The van der Waals surface area contributed by atoms with Crippen LogP contribution >= 0.6 is 0 Å². The summed E-state index contributed by atoms with van der Waals surface area (Å²) in [6.45, 7) is 6.12. The third-order valence-corrected chi connectivity index (χ3v) is 8.21. The third-order valence-electron chi connectivity index (χ3n) is 6.46. The monoisotopic (exact) mass is 471 g/mol. The molecule has 1 fully saturated rings. The first-order valence-electron chi connectivity index (χ1n) is 10.9. The molecule has 176 valence electrons. The molecule has 1 aromatic heterocycles. The molecule has 0 spiro atoms. The number of ether oxygens (including phenoxy) is 2. The van der Waals surface area contributed by atoms with E-state index >= 15 is 0 Å². The van der Waals surface area contributed by atoms with Crippen molar-refractivity contribution in [3.63, 3.8) is 0 Å². The second-order valence-electron chi connectivity index (χ2n) is 8.67. The van der Waals surface area contributed by atoms with E-state index in [-0.39, 0.29) is 29.7 Å². The van der Waals surface area contributed by atoms with Crippen LogP contribution in [0, 0.1) is 20.8 Å². The van der Waals surface area contributed by atoms with Crippen LogP contribution in [0.2, 0.25) is 0 Å². The summed E-state index contributed by atoms with van der Waals surface area (Å²) in [5.74, 6) is 1.10. The number of hydrogen-bond acceptors (Lipinski definition) is 6. The van der Waals surface area contributed by atoms with Gasteiger partial charge in [-0.2, -0.15) is 0 Å². The van der Waals surface area contributed by atoms with Gasteiger partial charge in [0.05, 0.1) is 25.7 Å². The summed E-state index contributed by atoms with van der Waals surface area (Å²) < 4.78 is 41.2. The largest absolute Gasteiger partial charge is 0.493 e. The first-order valence-corrected chi connectivity index (χ1v) is 12.7. The van der Waals surface area contributed by atoms with Gasteiger partial charge in [-0.1, -0.05) is 6.07 Å². The molecule has 1 aliphatic rings. The van der Waals surface area contributed by atoms with Gasteiger partial charge in [0.2, 0.25) is 0 Å². The van der Waals surface area contributed by atoms with E-state index < -0.39 is 15.9 Å². The van der Waals surface area contributed by atoms with Crippen molar-refractivity contribution in [2.75, 3.05) is 25.7 Å². The van der Waals surface area contributed by atoms with Crippen LogP contribution < -0.4 is 9.47 Å². The van der Waals surface area contributed by atoms with Crippen LogP contribution in [0.15, 0.2) is 34.7 Å². The van der Waals surface area contributed by atoms with Gasteiger partial charge in [0.25, 0.3) is 5.91 Å². The fraction of sp³-hybridized carbons (Fsp3) is 0.400. The lowest BCUT2D eigenvalue weighted by Gasteiger charge is -2.28.